The zero-order valence-corrected chi connectivity index (χ0v) is 8.25. The summed E-state index contributed by atoms with van der Waals surface area (Å²) in [5, 5.41) is 8.31. The summed E-state index contributed by atoms with van der Waals surface area (Å²) in [4.78, 5) is 0. The number of nitrogens with zero attached hydrogens (tertiary/aromatic N) is 1. The molecule has 1 aromatic rings. The number of ether oxygens (including phenoxy) is 2. The molecule has 0 aliphatic heterocycles. The van der Waals surface area contributed by atoms with Gasteiger partial charge in [0.2, 0.25) is 0 Å². The van der Waals surface area contributed by atoms with Crippen LogP contribution in [0.25, 0.3) is 0 Å². The van der Waals surface area contributed by atoms with Crippen molar-refractivity contribution in [2.24, 2.45) is 0 Å². The van der Waals surface area contributed by atoms with Crippen molar-refractivity contribution in [1.29, 1.82) is 5.26 Å². The average molecular weight is 213 g/mol. The van der Waals surface area contributed by atoms with Crippen molar-refractivity contribution in [3.05, 3.63) is 23.8 Å². The second-order valence-corrected chi connectivity index (χ2v) is 2.75. The van der Waals surface area contributed by atoms with Crippen LogP contribution < -0.4 is 9.47 Å². The number of hydrogen-bond donors (Lipinski definition) is 0. The normalized spacial score (nSPS) is 10.6. The highest BCUT2D eigenvalue weighted by Gasteiger charge is 2.34. The molecule has 0 amide bonds. The van der Waals surface area contributed by atoms with Gasteiger partial charge in [-0.3, -0.25) is 0 Å². The van der Waals surface area contributed by atoms with Gasteiger partial charge in [0.25, 0.3) is 0 Å². The summed E-state index contributed by atoms with van der Waals surface area (Å²) in [5.74, 6) is -3.23. The summed E-state index contributed by atoms with van der Waals surface area (Å²) in [6.45, 7) is 0. The molecule has 0 bridgehead atoms. The van der Waals surface area contributed by atoms with E-state index >= 15 is 0 Å². The molecular weight excluding hydrogens is 204 g/mol. The predicted octanol–water partition coefficient (Wildman–Crippen LogP) is 2.32. The standard InChI is InChI=1S/C10H9F2NO2/c1-14-7-3-4-8(9(5-7)15-2)10(11,12)6-13/h3-5H,1-2H3. The largest absolute Gasteiger partial charge is 0.497 e. The van der Waals surface area contributed by atoms with Gasteiger partial charge in [0.1, 0.15) is 17.6 Å². The highest BCUT2D eigenvalue weighted by atomic mass is 19.3. The molecule has 0 aliphatic rings. The van der Waals surface area contributed by atoms with E-state index in [1.807, 2.05) is 0 Å². The Kier molecular flexibility index (Phi) is 3.10. The molecule has 0 N–H and O–H groups in total. The fourth-order valence-electron chi connectivity index (χ4n) is 1.12. The quantitative estimate of drug-likeness (QED) is 0.773. The number of nitriles is 1. The topological polar surface area (TPSA) is 42.2 Å². The Morgan fingerprint density at radius 2 is 1.93 bits per heavy atom. The van der Waals surface area contributed by atoms with Crippen LogP contribution in [0, 0.1) is 11.3 Å². The molecule has 0 aliphatic carbocycles. The molecule has 1 rings (SSSR count). The zero-order valence-electron chi connectivity index (χ0n) is 8.25. The molecule has 1 aromatic carbocycles. The fourth-order valence-corrected chi connectivity index (χ4v) is 1.12. The van der Waals surface area contributed by atoms with Crippen molar-refractivity contribution in [3.8, 4) is 17.6 Å². The lowest BCUT2D eigenvalue weighted by atomic mass is 10.1. The van der Waals surface area contributed by atoms with Crippen molar-refractivity contribution < 1.29 is 18.3 Å². The van der Waals surface area contributed by atoms with E-state index in [2.05, 4.69) is 0 Å². The van der Waals surface area contributed by atoms with Gasteiger partial charge in [-0.25, -0.2) is 0 Å². The van der Waals surface area contributed by atoms with Crippen molar-refractivity contribution in [3.63, 3.8) is 0 Å². The molecule has 0 fully saturated rings. The third-order valence-electron chi connectivity index (χ3n) is 1.89. The summed E-state index contributed by atoms with van der Waals surface area (Å²) < 4.78 is 35.8. The Balaban J connectivity index is 3.26. The minimum Gasteiger partial charge on any atom is -0.497 e. The first-order valence-corrected chi connectivity index (χ1v) is 4.06. The third kappa shape index (κ3) is 2.15. The van der Waals surface area contributed by atoms with E-state index in [-0.39, 0.29) is 5.75 Å². The summed E-state index contributed by atoms with van der Waals surface area (Å²) >= 11 is 0. The molecule has 15 heavy (non-hydrogen) atoms. The van der Waals surface area contributed by atoms with Gasteiger partial charge < -0.3 is 9.47 Å². The first-order chi connectivity index (χ1) is 7.05. The van der Waals surface area contributed by atoms with E-state index in [1.165, 1.54) is 26.4 Å². The third-order valence-corrected chi connectivity index (χ3v) is 1.89. The molecule has 0 radical (unpaired) electrons. The maximum Gasteiger partial charge on any atom is 0.360 e. The van der Waals surface area contributed by atoms with Crippen molar-refractivity contribution >= 4 is 0 Å². The molecule has 5 heteroatoms. The first kappa shape index (κ1) is 11.2. The van der Waals surface area contributed by atoms with Crippen molar-refractivity contribution in [2.75, 3.05) is 14.2 Å². The lowest BCUT2D eigenvalue weighted by Crippen LogP contribution is -2.11. The van der Waals surface area contributed by atoms with E-state index in [4.69, 9.17) is 14.7 Å². The Hall–Kier alpha value is -1.83. The number of alkyl halides is 2. The van der Waals surface area contributed by atoms with E-state index in [0.29, 0.717) is 5.75 Å². The van der Waals surface area contributed by atoms with Gasteiger partial charge in [-0.2, -0.15) is 14.0 Å². The van der Waals surface area contributed by atoms with Gasteiger partial charge in [0, 0.05) is 6.07 Å². The first-order valence-electron chi connectivity index (χ1n) is 4.06. The minimum atomic E-state index is -3.56. The van der Waals surface area contributed by atoms with Crippen LogP contribution in [-0.2, 0) is 5.92 Å². The van der Waals surface area contributed by atoms with E-state index < -0.39 is 11.5 Å². The van der Waals surface area contributed by atoms with Gasteiger partial charge in [-0.1, -0.05) is 0 Å². The summed E-state index contributed by atoms with van der Waals surface area (Å²) in [5.41, 5.74) is -0.465. The number of rotatable bonds is 3. The molecule has 0 spiro atoms. The Morgan fingerprint density at radius 1 is 1.27 bits per heavy atom. The Bertz CT molecular complexity index is 399. The zero-order chi connectivity index (χ0) is 11.5. The number of hydrogen-bond acceptors (Lipinski definition) is 3. The fraction of sp³-hybridized carbons (Fsp3) is 0.300. The van der Waals surface area contributed by atoms with Gasteiger partial charge in [0.05, 0.1) is 19.8 Å². The van der Waals surface area contributed by atoms with Crippen molar-refractivity contribution in [2.45, 2.75) is 5.92 Å². The maximum absolute atomic E-state index is 13.1. The lowest BCUT2D eigenvalue weighted by Gasteiger charge is -2.13. The van der Waals surface area contributed by atoms with E-state index in [0.717, 1.165) is 12.1 Å². The smallest absolute Gasteiger partial charge is 0.360 e. The van der Waals surface area contributed by atoms with Gasteiger partial charge in [-0.15, -0.1) is 0 Å². The molecular formula is C10H9F2NO2. The molecule has 0 saturated heterocycles. The molecule has 3 nitrogen and oxygen atoms in total. The van der Waals surface area contributed by atoms with Gasteiger partial charge >= 0.3 is 5.92 Å². The van der Waals surface area contributed by atoms with Crippen LogP contribution in [0.1, 0.15) is 5.56 Å². The SMILES string of the molecule is COc1ccc(C(F)(F)C#N)c(OC)c1. The minimum absolute atomic E-state index is 0.0686. The predicted molar refractivity (Wildman–Crippen MR) is 49.1 cm³/mol. The Labute approximate surface area is 85.8 Å². The van der Waals surface area contributed by atoms with E-state index in [1.54, 1.807) is 0 Å². The highest BCUT2D eigenvalue weighted by Crippen LogP contribution is 2.36. The molecule has 0 aromatic heterocycles. The van der Waals surface area contributed by atoms with E-state index in [9.17, 15) is 8.78 Å². The van der Waals surface area contributed by atoms with Crippen LogP contribution in [0.2, 0.25) is 0 Å². The Morgan fingerprint density at radius 3 is 2.40 bits per heavy atom. The number of halogens is 2. The average Bonchev–Trinajstić information content (AvgIpc) is 2.28. The molecule has 0 saturated carbocycles. The van der Waals surface area contributed by atoms with Crippen LogP contribution in [0.4, 0.5) is 8.78 Å². The van der Waals surface area contributed by atoms with Gasteiger partial charge in [0.15, 0.2) is 0 Å². The van der Waals surface area contributed by atoms with Crippen LogP contribution >= 0.6 is 0 Å². The molecule has 0 unspecified atom stereocenters. The summed E-state index contributed by atoms with van der Waals surface area (Å²) in [6.07, 6.45) is 0. The number of methoxy groups -OCH3 is 2. The van der Waals surface area contributed by atoms with Gasteiger partial charge in [-0.05, 0) is 12.1 Å². The number of benzene rings is 1. The second kappa shape index (κ2) is 4.13. The van der Waals surface area contributed by atoms with Crippen LogP contribution in [0.3, 0.4) is 0 Å². The summed E-state index contributed by atoms with van der Waals surface area (Å²) in [6, 6.07) is 4.68. The second-order valence-electron chi connectivity index (χ2n) is 2.75. The van der Waals surface area contributed by atoms with Crippen LogP contribution in [0.15, 0.2) is 18.2 Å². The molecule has 0 heterocycles. The van der Waals surface area contributed by atoms with Crippen molar-refractivity contribution in [1.82, 2.24) is 0 Å². The van der Waals surface area contributed by atoms with Crippen LogP contribution in [0.5, 0.6) is 11.5 Å². The molecule has 0 atom stereocenters. The maximum atomic E-state index is 13.1. The van der Waals surface area contributed by atoms with Crippen LogP contribution in [-0.4, -0.2) is 14.2 Å². The highest BCUT2D eigenvalue weighted by molar-refractivity contribution is 5.45. The monoisotopic (exact) mass is 213 g/mol. The molecule has 80 valence electrons. The summed E-state index contributed by atoms with van der Waals surface area (Å²) in [7, 11) is 2.67. The lowest BCUT2D eigenvalue weighted by molar-refractivity contribution is 0.0583.